The first-order valence-corrected chi connectivity index (χ1v) is 7.61. The Hall–Kier alpha value is -1.48. The summed E-state index contributed by atoms with van der Waals surface area (Å²) < 4.78 is 17.6. The maximum Gasteiger partial charge on any atom is 1.00 e. The Kier molecular flexibility index (Phi) is 9.07. The molecule has 136 valence electrons. The molecule has 1 heterocycles. The zero-order valence-electron chi connectivity index (χ0n) is 17.7. The number of carbonyl (C=O) groups is 2. The van der Waals surface area contributed by atoms with Gasteiger partial charge in [0.1, 0.15) is 16.9 Å². The Bertz CT molecular complexity index is 1040. The smallest absolute Gasteiger partial charge is 1.00 e. The second-order valence-corrected chi connectivity index (χ2v) is 5.66. The van der Waals surface area contributed by atoms with Gasteiger partial charge in [0.25, 0.3) is 0 Å². The van der Waals surface area contributed by atoms with Gasteiger partial charge in [-0.3, -0.25) is 4.98 Å². The quantitative estimate of drug-likeness (QED) is 0.366. The fraction of sp³-hybridized carbons (Fsp3) is 0.105. The molecular formula is C19H16FNNa2O5. The van der Waals surface area contributed by atoms with Crippen LogP contribution in [0.4, 0.5) is 4.39 Å². The molecule has 3 aromatic rings. The van der Waals surface area contributed by atoms with Crippen LogP contribution in [0.3, 0.4) is 0 Å². The van der Waals surface area contributed by atoms with Gasteiger partial charge in [0, 0.05) is 11.6 Å². The minimum atomic E-state index is -1.26. The molecule has 0 unspecified atom stereocenters. The normalized spacial score (nSPS) is 9.93. The molecule has 0 aliphatic heterocycles. The third-order valence-electron chi connectivity index (χ3n) is 3.96. The molecule has 0 aliphatic carbocycles. The number of aromatic hydroxyl groups is 1. The number of rotatable bonds is 4. The molecule has 2 N–H and O–H groups in total. The average molecular weight is 403 g/mol. The van der Waals surface area contributed by atoms with Crippen molar-refractivity contribution in [1.29, 1.82) is 0 Å². The molecule has 1 aromatic heterocycles. The fourth-order valence-electron chi connectivity index (χ4n) is 2.70. The van der Waals surface area contributed by atoms with Crippen LogP contribution in [0.15, 0.2) is 42.6 Å². The molecule has 0 atom stereocenters. The number of ether oxygens (including phenoxy) is 1. The number of benzene rings is 2. The summed E-state index contributed by atoms with van der Waals surface area (Å²) in [4.78, 5) is 27.5. The van der Waals surface area contributed by atoms with Crippen LogP contribution in [-0.4, -0.2) is 34.2 Å². The van der Waals surface area contributed by atoms with Crippen molar-refractivity contribution in [3.8, 4) is 5.75 Å². The van der Waals surface area contributed by atoms with E-state index < -0.39 is 17.7 Å². The van der Waals surface area contributed by atoms with Gasteiger partial charge >= 0.3 is 71.1 Å². The molecule has 0 bridgehead atoms. The first-order valence-electron chi connectivity index (χ1n) is 7.61. The maximum absolute atomic E-state index is 13.0. The number of carboxylic acid groups (broad SMARTS) is 1. The van der Waals surface area contributed by atoms with Crippen LogP contribution >= 0.6 is 0 Å². The molecule has 6 nitrogen and oxygen atoms in total. The topological polar surface area (TPSA) is 96.7 Å². The predicted molar refractivity (Wildman–Crippen MR) is 93.1 cm³/mol. The van der Waals surface area contributed by atoms with E-state index in [0.717, 1.165) is 18.7 Å². The first-order chi connectivity index (χ1) is 12.4. The molecule has 0 saturated heterocycles. The number of halogens is 1. The third-order valence-corrected chi connectivity index (χ3v) is 3.96. The van der Waals surface area contributed by atoms with Crippen LogP contribution in [0.25, 0.3) is 10.9 Å². The van der Waals surface area contributed by atoms with Gasteiger partial charge in [-0.1, -0.05) is 12.1 Å². The summed E-state index contributed by atoms with van der Waals surface area (Å²) in [6.45, 7) is 0. The number of pyridine rings is 1. The Morgan fingerprint density at radius 2 is 1.75 bits per heavy atom. The molecule has 0 spiro atoms. The van der Waals surface area contributed by atoms with Crippen LogP contribution in [0.2, 0.25) is 0 Å². The van der Waals surface area contributed by atoms with Crippen molar-refractivity contribution in [3.05, 3.63) is 70.7 Å². The van der Waals surface area contributed by atoms with Crippen LogP contribution in [0.5, 0.6) is 5.75 Å². The first kappa shape index (κ1) is 24.6. The molecule has 2 aromatic carbocycles. The summed E-state index contributed by atoms with van der Waals surface area (Å²) in [6.07, 6.45) is 1.87. The third kappa shape index (κ3) is 5.11. The van der Waals surface area contributed by atoms with Crippen LogP contribution in [0, 0.1) is 5.82 Å². The van der Waals surface area contributed by atoms with E-state index in [1.807, 2.05) is 0 Å². The van der Waals surface area contributed by atoms with Crippen molar-refractivity contribution < 1.29 is 90.9 Å². The van der Waals surface area contributed by atoms with Gasteiger partial charge < -0.3 is 17.8 Å². The standard InChI is InChI=1S/C19H14FNO5.2Na.2H/c1-26-19(25)15-8-14(18(23)24)13-7-11(9-21-16(13)17(15)22)6-10-2-4-12(20)5-3-10;;;;/h2-5,7-9,22H,6H2,1H3,(H,23,24);;;;/q;2*+1;2*-1. The number of carboxylic acids is 1. The van der Waals surface area contributed by atoms with Crippen LogP contribution in [-0.2, 0) is 11.2 Å². The molecule has 0 amide bonds. The molecule has 0 radical (unpaired) electrons. The van der Waals surface area contributed by atoms with Crippen molar-refractivity contribution >= 4 is 22.8 Å². The monoisotopic (exact) mass is 403 g/mol. The molecular weight excluding hydrogens is 387 g/mol. The number of methoxy groups -OCH3 is 1. The van der Waals surface area contributed by atoms with Crippen molar-refractivity contribution in [1.82, 2.24) is 4.98 Å². The average Bonchev–Trinajstić information content (AvgIpc) is 2.63. The van der Waals surface area contributed by atoms with E-state index in [-0.39, 0.29) is 89.8 Å². The number of aromatic carboxylic acids is 1. The van der Waals surface area contributed by atoms with Crippen molar-refractivity contribution in [2.45, 2.75) is 6.42 Å². The second kappa shape index (κ2) is 10.3. The van der Waals surface area contributed by atoms with Crippen molar-refractivity contribution in [2.24, 2.45) is 0 Å². The van der Waals surface area contributed by atoms with Crippen molar-refractivity contribution in [3.63, 3.8) is 0 Å². The minimum Gasteiger partial charge on any atom is -1.00 e. The molecule has 28 heavy (non-hydrogen) atoms. The number of phenols is 1. The van der Waals surface area contributed by atoms with E-state index in [0.29, 0.717) is 12.0 Å². The largest absolute Gasteiger partial charge is 1.00 e. The van der Waals surface area contributed by atoms with Gasteiger partial charge in [0.05, 0.1) is 12.7 Å². The summed E-state index contributed by atoms with van der Waals surface area (Å²) in [6, 6.07) is 8.55. The summed E-state index contributed by atoms with van der Waals surface area (Å²) >= 11 is 0. The summed E-state index contributed by atoms with van der Waals surface area (Å²) in [5.74, 6) is -2.91. The van der Waals surface area contributed by atoms with Gasteiger partial charge in [-0.2, -0.15) is 0 Å². The minimum absolute atomic E-state index is 0. The number of aromatic nitrogens is 1. The van der Waals surface area contributed by atoms with Gasteiger partial charge in [0.2, 0.25) is 0 Å². The Labute approximate surface area is 207 Å². The van der Waals surface area contributed by atoms with Gasteiger partial charge in [-0.15, -0.1) is 0 Å². The SMILES string of the molecule is COC(=O)c1cc(C(=O)O)c2cc(Cc3ccc(F)cc3)cnc2c1O.[H-].[H-].[Na+].[Na+]. The van der Waals surface area contributed by atoms with Crippen molar-refractivity contribution in [2.75, 3.05) is 7.11 Å². The number of hydrogen-bond acceptors (Lipinski definition) is 5. The zero-order valence-corrected chi connectivity index (χ0v) is 19.7. The van der Waals surface area contributed by atoms with E-state index in [1.54, 1.807) is 18.2 Å². The summed E-state index contributed by atoms with van der Waals surface area (Å²) in [5.41, 5.74) is 1.05. The number of hydrogen-bond donors (Lipinski definition) is 2. The number of phenolic OH excluding ortho intramolecular Hbond substituents is 1. The number of carbonyl (C=O) groups excluding carboxylic acids is 1. The van der Waals surface area contributed by atoms with E-state index in [4.69, 9.17) is 0 Å². The summed E-state index contributed by atoms with van der Waals surface area (Å²) in [7, 11) is 1.13. The maximum atomic E-state index is 13.0. The van der Waals surface area contributed by atoms with Crippen LogP contribution in [0.1, 0.15) is 34.7 Å². The summed E-state index contributed by atoms with van der Waals surface area (Å²) in [5, 5.41) is 19.9. The Morgan fingerprint density at radius 1 is 1.11 bits per heavy atom. The van der Waals surface area contributed by atoms with E-state index in [1.165, 1.54) is 18.3 Å². The molecule has 3 rings (SSSR count). The van der Waals surface area contributed by atoms with Gasteiger partial charge in [0.15, 0.2) is 5.75 Å². The van der Waals surface area contributed by atoms with E-state index in [2.05, 4.69) is 9.72 Å². The molecule has 0 aliphatic rings. The molecule has 0 fully saturated rings. The predicted octanol–water partition coefficient (Wildman–Crippen LogP) is -2.61. The number of nitrogens with zero attached hydrogens (tertiary/aromatic N) is 1. The number of esters is 1. The number of fused-ring (bicyclic) bond motifs is 1. The Balaban J connectivity index is 0. The van der Waals surface area contributed by atoms with Gasteiger partial charge in [-0.05, 0) is 41.8 Å². The zero-order chi connectivity index (χ0) is 18.8. The van der Waals surface area contributed by atoms with Gasteiger partial charge in [-0.25, -0.2) is 14.0 Å². The Morgan fingerprint density at radius 3 is 2.32 bits per heavy atom. The molecule has 9 heteroatoms. The van der Waals surface area contributed by atoms with E-state index >= 15 is 0 Å². The second-order valence-electron chi connectivity index (χ2n) is 5.66. The molecule has 0 saturated carbocycles. The van der Waals surface area contributed by atoms with E-state index in [9.17, 15) is 24.2 Å². The van der Waals surface area contributed by atoms with Crippen LogP contribution < -0.4 is 59.1 Å². The fourth-order valence-corrected chi connectivity index (χ4v) is 2.70.